The highest BCUT2D eigenvalue weighted by atomic mass is 16.4. The van der Waals surface area contributed by atoms with Gasteiger partial charge in [0.15, 0.2) is 29.1 Å². The summed E-state index contributed by atoms with van der Waals surface area (Å²) in [5.41, 5.74) is 13.6. The number of rotatable bonds is 5. The molecule has 0 bridgehead atoms. The summed E-state index contributed by atoms with van der Waals surface area (Å²) in [5.74, 6) is -9.07. The molecule has 75 heavy (non-hydrogen) atoms. The average molecular weight is 1000 g/mol. The maximum Gasteiger partial charge on any atom is 0.252 e. The number of phenolic OH excluding ortho intramolecular Hbond substituents is 5. The number of hydrogen-bond acceptors (Lipinski definition) is 12. The Labute approximate surface area is 437 Å². The van der Waals surface area contributed by atoms with Crippen molar-refractivity contribution in [2.75, 3.05) is 14.7 Å². The van der Waals surface area contributed by atoms with E-state index in [1.807, 2.05) is 6.07 Å². The Balaban J connectivity index is 1.27. The lowest BCUT2D eigenvalue weighted by molar-refractivity contribution is 0.176. The van der Waals surface area contributed by atoms with Crippen LogP contribution in [0.25, 0.3) is 11.1 Å². The summed E-state index contributed by atoms with van der Waals surface area (Å²) in [6.45, 7) is 23.8. The average Bonchev–Trinajstić information content (AvgIpc) is 3.70. The van der Waals surface area contributed by atoms with Crippen LogP contribution in [0.4, 0.5) is 45.5 Å². The Morgan fingerprint density at radius 3 is 1.61 bits per heavy atom. The standard InChI is InChI=1S/C62H62BN3O9/c1-59(2,3)31-16-19-34(20-17-31)64-43-25-18-32(60(4,5)6)26-42(43)63-41-24-22-36(66(48-50(67)54(71)55(72)51(48)68)49-52(69)56(73)58(75)57(74)53(49)70)30-44(41)65(46-28-33(61(7,8)9)27-45(64)47(46)63)35-21-23-38-37-14-12-13-15-39(37)62(10,11)40(38)29-35/h12-30,50,67-75H,1-11H3. The molecular formula is C62H62BN3O9. The molecule has 2 aliphatic heterocycles. The molecule has 11 rings (SSSR count). The Hall–Kier alpha value is -8.16. The Morgan fingerprint density at radius 2 is 1.03 bits per heavy atom. The molecule has 0 saturated carbocycles. The lowest BCUT2D eigenvalue weighted by atomic mass is 9.33. The number of anilines is 8. The summed E-state index contributed by atoms with van der Waals surface area (Å²) in [7, 11) is 0. The van der Waals surface area contributed by atoms with Crippen LogP contribution in [-0.4, -0.2) is 58.8 Å². The van der Waals surface area contributed by atoms with E-state index >= 15 is 0 Å². The largest absolute Gasteiger partial charge is 0.506 e. The quantitative estimate of drug-likeness (QED) is 0.0451. The summed E-state index contributed by atoms with van der Waals surface area (Å²) in [6.07, 6.45) is -2.14. The smallest absolute Gasteiger partial charge is 0.252 e. The third-order valence-electron chi connectivity index (χ3n) is 15.9. The third-order valence-corrected chi connectivity index (χ3v) is 15.9. The number of fused-ring (bicyclic) bond motifs is 7. The van der Waals surface area contributed by atoms with Crippen LogP contribution in [0, 0.1) is 0 Å². The normalized spacial score (nSPS) is 16.5. The predicted octanol–water partition coefficient (Wildman–Crippen LogP) is 12.1. The van der Waals surface area contributed by atoms with Crippen molar-refractivity contribution in [3.8, 4) is 39.9 Å². The number of aliphatic hydroxyl groups excluding tert-OH is 4. The van der Waals surface area contributed by atoms with Crippen LogP contribution in [0.1, 0.15) is 104 Å². The van der Waals surface area contributed by atoms with Crippen molar-refractivity contribution in [2.24, 2.45) is 0 Å². The maximum absolute atomic E-state index is 11.6. The summed E-state index contributed by atoms with van der Waals surface area (Å²) in [5, 5.41) is 101. The third kappa shape index (κ3) is 7.14. The fourth-order valence-corrected chi connectivity index (χ4v) is 11.7. The highest BCUT2D eigenvalue weighted by molar-refractivity contribution is 7.00. The lowest BCUT2D eigenvalue weighted by Gasteiger charge is -2.46. The molecule has 9 N–H and O–H groups in total. The zero-order chi connectivity index (χ0) is 53.9. The van der Waals surface area contributed by atoms with Crippen molar-refractivity contribution < 1.29 is 46.0 Å². The molecule has 2 heterocycles. The van der Waals surface area contributed by atoms with Crippen LogP contribution in [-0.2, 0) is 21.7 Å². The molecule has 0 fully saturated rings. The first kappa shape index (κ1) is 49.1. The Morgan fingerprint density at radius 1 is 0.480 bits per heavy atom. The Kier molecular flexibility index (Phi) is 10.6. The zero-order valence-corrected chi connectivity index (χ0v) is 44.0. The van der Waals surface area contributed by atoms with Crippen molar-refractivity contribution in [3.63, 3.8) is 0 Å². The molecule has 0 radical (unpaired) electrons. The van der Waals surface area contributed by atoms with Crippen LogP contribution in [0.5, 0.6) is 28.7 Å². The minimum atomic E-state index is -2.14. The van der Waals surface area contributed by atoms with Gasteiger partial charge in [-0.2, -0.15) is 0 Å². The molecule has 0 saturated heterocycles. The first-order chi connectivity index (χ1) is 35.1. The topological polar surface area (TPSA) is 192 Å². The van der Waals surface area contributed by atoms with E-state index in [0.29, 0.717) is 5.69 Å². The number of benzene rings is 7. The van der Waals surface area contributed by atoms with E-state index < -0.39 is 75.6 Å². The number of hydrogen-bond donors (Lipinski definition) is 9. The highest BCUT2D eigenvalue weighted by Gasteiger charge is 2.47. The van der Waals surface area contributed by atoms with Crippen molar-refractivity contribution in [2.45, 2.75) is 104 Å². The van der Waals surface area contributed by atoms with Gasteiger partial charge in [0, 0.05) is 45.2 Å². The van der Waals surface area contributed by atoms with Gasteiger partial charge in [0.25, 0.3) is 6.71 Å². The minimum Gasteiger partial charge on any atom is -0.506 e. The van der Waals surface area contributed by atoms with Gasteiger partial charge in [0.2, 0.25) is 23.0 Å². The van der Waals surface area contributed by atoms with E-state index in [1.54, 1.807) is 12.1 Å². The summed E-state index contributed by atoms with van der Waals surface area (Å²) in [4.78, 5) is 5.50. The molecular weight excluding hydrogens is 942 g/mol. The second-order valence-corrected chi connectivity index (χ2v) is 24.0. The summed E-state index contributed by atoms with van der Waals surface area (Å²) < 4.78 is 0. The summed E-state index contributed by atoms with van der Waals surface area (Å²) in [6, 6.07) is 40.2. The fourth-order valence-electron chi connectivity index (χ4n) is 11.7. The van der Waals surface area contributed by atoms with Crippen LogP contribution >= 0.6 is 0 Å². The molecule has 1 unspecified atom stereocenters. The van der Waals surface area contributed by atoms with Gasteiger partial charge < -0.3 is 60.7 Å². The van der Waals surface area contributed by atoms with Gasteiger partial charge in [-0.15, -0.1) is 0 Å². The molecule has 2 aliphatic carbocycles. The van der Waals surface area contributed by atoms with Gasteiger partial charge in [-0.05, 0) is 126 Å². The monoisotopic (exact) mass is 1000 g/mol. The van der Waals surface area contributed by atoms with Crippen LogP contribution < -0.4 is 31.1 Å². The lowest BCUT2D eigenvalue weighted by Crippen LogP contribution is -2.61. The van der Waals surface area contributed by atoms with Crippen molar-refractivity contribution in [1.29, 1.82) is 0 Å². The van der Waals surface area contributed by atoms with Gasteiger partial charge in [-0.25, -0.2) is 0 Å². The Bertz CT molecular complexity index is 3640. The van der Waals surface area contributed by atoms with E-state index in [2.05, 4.69) is 183 Å². The van der Waals surface area contributed by atoms with Crippen LogP contribution in [0.3, 0.4) is 0 Å². The molecule has 382 valence electrons. The van der Waals surface area contributed by atoms with Gasteiger partial charge in [-0.1, -0.05) is 137 Å². The molecule has 7 aromatic carbocycles. The van der Waals surface area contributed by atoms with E-state index in [4.69, 9.17) is 0 Å². The van der Waals surface area contributed by atoms with Gasteiger partial charge in [0.05, 0.1) is 0 Å². The maximum atomic E-state index is 11.6. The number of aromatic hydroxyl groups is 5. The molecule has 0 spiro atoms. The molecule has 12 nitrogen and oxygen atoms in total. The second kappa shape index (κ2) is 16.2. The molecule has 0 aromatic heterocycles. The van der Waals surface area contributed by atoms with Crippen LogP contribution in [0.2, 0.25) is 0 Å². The van der Waals surface area contributed by atoms with Crippen LogP contribution in [0.15, 0.2) is 138 Å². The predicted molar refractivity (Wildman–Crippen MR) is 299 cm³/mol. The SMILES string of the molecule is CC(C)(C)c1ccc(N2c3ccc(C(C)(C)C)cc3B3c4ccc(N(C5=C(O)C(O)=C(O)C5O)c5c(O)c(O)c(O)c(O)c5O)cc4N(c4ccc5c(c4)C(C)(C)c4ccccc4-5)c4cc(C(C)(C)C)cc2c43)cc1. The first-order valence-electron chi connectivity index (χ1n) is 25.3. The second-order valence-electron chi connectivity index (χ2n) is 24.0. The van der Waals surface area contributed by atoms with Crippen molar-refractivity contribution in [3.05, 3.63) is 166 Å². The highest BCUT2D eigenvalue weighted by Crippen LogP contribution is 2.59. The van der Waals surface area contributed by atoms with Crippen molar-refractivity contribution >= 4 is 68.6 Å². The fraction of sp³-hybridized carbons (Fsp3) is 0.258. The molecule has 13 heteroatoms. The van der Waals surface area contributed by atoms with E-state index in [0.717, 1.165) is 77.5 Å². The molecule has 1 atom stereocenters. The van der Waals surface area contributed by atoms with Gasteiger partial charge >= 0.3 is 0 Å². The minimum absolute atomic E-state index is 0.0292. The van der Waals surface area contributed by atoms with Gasteiger partial charge in [-0.3, -0.25) is 0 Å². The van der Waals surface area contributed by atoms with Gasteiger partial charge in [0.1, 0.15) is 11.4 Å². The van der Waals surface area contributed by atoms with Crippen molar-refractivity contribution in [1.82, 2.24) is 0 Å². The zero-order valence-electron chi connectivity index (χ0n) is 44.0. The number of nitrogens with zero attached hydrogens (tertiary/aromatic N) is 3. The number of phenols is 5. The van der Waals surface area contributed by atoms with E-state index in [-0.39, 0.29) is 21.9 Å². The first-order valence-corrected chi connectivity index (χ1v) is 25.3. The molecule has 7 aromatic rings. The number of aliphatic hydroxyl groups is 4. The molecule has 0 amide bonds. The van der Waals surface area contributed by atoms with E-state index in [1.165, 1.54) is 11.1 Å². The molecule has 4 aliphatic rings. The summed E-state index contributed by atoms with van der Waals surface area (Å²) >= 11 is 0. The van der Waals surface area contributed by atoms with E-state index in [9.17, 15) is 46.0 Å².